The van der Waals surface area contributed by atoms with E-state index in [0.29, 0.717) is 16.8 Å². The summed E-state index contributed by atoms with van der Waals surface area (Å²) in [5.74, 6) is -1.28. The Bertz CT molecular complexity index is 919. The molecule has 0 aliphatic heterocycles. The smallest absolute Gasteiger partial charge is 0.324 e. The van der Waals surface area contributed by atoms with Crippen molar-refractivity contribution in [3.63, 3.8) is 0 Å². The van der Waals surface area contributed by atoms with Crippen LogP contribution in [0.2, 0.25) is 10.0 Å². The molecule has 0 aromatic heterocycles. The van der Waals surface area contributed by atoms with Gasteiger partial charge in [0.05, 0.1) is 10.7 Å². The summed E-state index contributed by atoms with van der Waals surface area (Å²) in [6.45, 7) is 4.63. The Labute approximate surface area is 156 Å². The number of hydrogen-bond acceptors (Lipinski definition) is 3. The number of hydrogen-bond donors (Lipinski definition) is 1. The fourth-order valence-corrected chi connectivity index (χ4v) is 5.05. The molecule has 0 fully saturated rings. The molecule has 2 aromatic rings. The third-order valence-electron chi connectivity index (χ3n) is 3.62. The molecule has 0 spiro atoms. The average Bonchev–Trinajstić information content (AvgIpc) is 2.47. The molecule has 0 saturated heterocycles. The molecule has 0 aliphatic rings. The van der Waals surface area contributed by atoms with Gasteiger partial charge in [-0.05, 0) is 50.1 Å². The van der Waals surface area contributed by atoms with E-state index >= 15 is 0 Å². The summed E-state index contributed by atoms with van der Waals surface area (Å²) in [4.78, 5) is 11.1. The number of carboxylic acid groups (broad SMARTS) is 1. The summed E-state index contributed by atoms with van der Waals surface area (Å²) in [5.41, 5.74) is 2.58. The quantitative estimate of drug-likeness (QED) is 0.814. The molecule has 0 radical (unpaired) electrons. The number of carbonyl (C=O) groups is 1. The van der Waals surface area contributed by atoms with Crippen molar-refractivity contribution in [3.05, 3.63) is 57.1 Å². The van der Waals surface area contributed by atoms with Crippen LogP contribution in [0.5, 0.6) is 0 Å². The predicted octanol–water partition coefficient (Wildman–Crippen LogP) is 4.20. The molecular formula is C17H17Cl2NO4S. The van der Waals surface area contributed by atoms with E-state index in [9.17, 15) is 18.3 Å². The van der Waals surface area contributed by atoms with E-state index in [1.807, 2.05) is 6.92 Å². The molecule has 5 nitrogen and oxygen atoms in total. The van der Waals surface area contributed by atoms with Crippen LogP contribution >= 0.6 is 23.2 Å². The number of benzene rings is 2. The molecule has 8 heteroatoms. The van der Waals surface area contributed by atoms with Crippen molar-refractivity contribution >= 4 is 44.9 Å². The first-order valence-corrected chi connectivity index (χ1v) is 9.51. The number of halogens is 2. The van der Waals surface area contributed by atoms with Gasteiger partial charge < -0.3 is 5.11 Å². The topological polar surface area (TPSA) is 74.7 Å². The highest BCUT2D eigenvalue weighted by atomic mass is 35.5. The van der Waals surface area contributed by atoms with Crippen molar-refractivity contribution in [3.8, 4) is 0 Å². The molecule has 1 N–H and O–H groups in total. The lowest BCUT2D eigenvalue weighted by atomic mass is 10.1. The van der Waals surface area contributed by atoms with Gasteiger partial charge in [-0.2, -0.15) is 0 Å². The first-order chi connectivity index (χ1) is 11.5. The summed E-state index contributed by atoms with van der Waals surface area (Å²) >= 11 is 11.9. The number of carboxylic acids is 1. The first kappa shape index (κ1) is 19.6. The van der Waals surface area contributed by atoms with Gasteiger partial charge in [0.1, 0.15) is 11.4 Å². The summed E-state index contributed by atoms with van der Waals surface area (Å²) in [7, 11) is -4.22. The van der Waals surface area contributed by atoms with Crippen molar-refractivity contribution in [1.82, 2.24) is 0 Å². The number of sulfonamides is 1. The molecular weight excluding hydrogens is 385 g/mol. The number of aryl methyl sites for hydroxylation is 3. The highest BCUT2D eigenvalue weighted by Gasteiger charge is 2.31. The third-order valence-corrected chi connectivity index (χ3v) is 6.09. The standard InChI is InChI=1S/C17H17Cl2NO4S/c1-10-6-11(2)17(12(3)7-10)20(9-16(21)22)25(23,24)15-8-13(18)4-5-14(15)19/h4-8H,9H2,1-3H3,(H,21,22). The zero-order valence-corrected chi connectivity index (χ0v) is 16.2. The molecule has 0 atom stereocenters. The number of rotatable bonds is 5. The minimum atomic E-state index is -4.22. The monoisotopic (exact) mass is 401 g/mol. The Balaban J connectivity index is 2.74. The second kappa shape index (κ2) is 7.23. The average molecular weight is 402 g/mol. The molecule has 134 valence electrons. The van der Waals surface area contributed by atoms with Gasteiger partial charge in [-0.3, -0.25) is 9.10 Å². The molecule has 0 unspecified atom stereocenters. The van der Waals surface area contributed by atoms with Crippen LogP contribution in [0.25, 0.3) is 0 Å². The summed E-state index contributed by atoms with van der Waals surface area (Å²) in [6, 6.07) is 7.64. The predicted molar refractivity (Wildman–Crippen MR) is 99.3 cm³/mol. The van der Waals surface area contributed by atoms with E-state index in [-0.39, 0.29) is 14.9 Å². The summed E-state index contributed by atoms with van der Waals surface area (Å²) in [5, 5.41) is 9.42. The van der Waals surface area contributed by atoms with E-state index in [1.54, 1.807) is 26.0 Å². The van der Waals surface area contributed by atoms with Crippen LogP contribution in [0.3, 0.4) is 0 Å². The van der Waals surface area contributed by atoms with Gasteiger partial charge in [0.15, 0.2) is 0 Å². The number of nitrogens with zero attached hydrogens (tertiary/aromatic N) is 1. The molecule has 25 heavy (non-hydrogen) atoms. The van der Waals surface area contributed by atoms with Crippen LogP contribution in [0.4, 0.5) is 5.69 Å². The van der Waals surface area contributed by atoms with E-state index in [0.717, 1.165) is 9.87 Å². The molecule has 0 aliphatic carbocycles. The maximum Gasteiger partial charge on any atom is 0.324 e. The SMILES string of the molecule is Cc1cc(C)c(N(CC(=O)O)S(=O)(=O)c2cc(Cl)ccc2Cl)c(C)c1. The largest absolute Gasteiger partial charge is 0.480 e. The van der Waals surface area contributed by atoms with Gasteiger partial charge >= 0.3 is 5.97 Å². The zero-order valence-electron chi connectivity index (χ0n) is 13.9. The first-order valence-electron chi connectivity index (χ1n) is 7.31. The lowest BCUT2D eigenvalue weighted by molar-refractivity contribution is -0.135. The van der Waals surface area contributed by atoms with Crippen molar-refractivity contribution in [2.24, 2.45) is 0 Å². The van der Waals surface area contributed by atoms with Crippen LogP contribution in [-0.2, 0) is 14.8 Å². The fourth-order valence-electron chi connectivity index (χ4n) is 2.77. The lowest BCUT2D eigenvalue weighted by Crippen LogP contribution is -2.37. The Morgan fingerprint density at radius 3 is 2.16 bits per heavy atom. The molecule has 0 amide bonds. The van der Waals surface area contributed by atoms with E-state index in [4.69, 9.17) is 23.2 Å². The molecule has 2 aromatic carbocycles. The van der Waals surface area contributed by atoms with Crippen LogP contribution in [0.15, 0.2) is 35.2 Å². The Kier molecular flexibility index (Phi) is 5.66. The maximum atomic E-state index is 13.2. The van der Waals surface area contributed by atoms with E-state index in [1.165, 1.54) is 18.2 Å². The van der Waals surface area contributed by atoms with Gasteiger partial charge in [-0.25, -0.2) is 8.42 Å². The summed E-state index contributed by atoms with van der Waals surface area (Å²) in [6.07, 6.45) is 0. The van der Waals surface area contributed by atoms with Crippen molar-refractivity contribution < 1.29 is 18.3 Å². The molecule has 0 saturated carbocycles. The molecule has 0 bridgehead atoms. The lowest BCUT2D eigenvalue weighted by Gasteiger charge is -2.27. The highest BCUT2D eigenvalue weighted by Crippen LogP contribution is 2.34. The molecule has 2 rings (SSSR count). The van der Waals surface area contributed by atoms with Crippen molar-refractivity contribution in [2.75, 3.05) is 10.8 Å². The van der Waals surface area contributed by atoms with Gasteiger partial charge in [-0.15, -0.1) is 0 Å². The van der Waals surface area contributed by atoms with Crippen LogP contribution in [0.1, 0.15) is 16.7 Å². The number of anilines is 1. The van der Waals surface area contributed by atoms with Crippen molar-refractivity contribution in [2.45, 2.75) is 25.7 Å². The fraction of sp³-hybridized carbons (Fsp3) is 0.235. The second-order valence-electron chi connectivity index (χ2n) is 5.73. The van der Waals surface area contributed by atoms with Crippen LogP contribution in [0, 0.1) is 20.8 Å². The van der Waals surface area contributed by atoms with Crippen LogP contribution in [-0.4, -0.2) is 26.0 Å². The van der Waals surface area contributed by atoms with Crippen molar-refractivity contribution in [1.29, 1.82) is 0 Å². The minimum Gasteiger partial charge on any atom is -0.480 e. The highest BCUT2D eigenvalue weighted by molar-refractivity contribution is 7.93. The van der Waals surface area contributed by atoms with Gasteiger partial charge in [0, 0.05) is 5.02 Å². The Morgan fingerprint density at radius 2 is 1.64 bits per heavy atom. The normalized spacial score (nSPS) is 11.4. The van der Waals surface area contributed by atoms with E-state index < -0.39 is 22.5 Å². The summed E-state index contributed by atoms with van der Waals surface area (Å²) < 4.78 is 27.2. The van der Waals surface area contributed by atoms with E-state index in [2.05, 4.69) is 0 Å². The molecule has 0 heterocycles. The van der Waals surface area contributed by atoms with Crippen LogP contribution < -0.4 is 4.31 Å². The Hall–Kier alpha value is -1.76. The zero-order chi connectivity index (χ0) is 18.9. The van der Waals surface area contributed by atoms with Gasteiger partial charge in [-0.1, -0.05) is 40.9 Å². The van der Waals surface area contributed by atoms with Gasteiger partial charge in [0.2, 0.25) is 0 Å². The third kappa shape index (κ3) is 4.08. The van der Waals surface area contributed by atoms with Gasteiger partial charge in [0.25, 0.3) is 10.0 Å². The second-order valence-corrected chi connectivity index (χ2v) is 8.40. The minimum absolute atomic E-state index is 0.0257. The number of aliphatic carboxylic acids is 1. The Morgan fingerprint density at radius 1 is 1.08 bits per heavy atom. The maximum absolute atomic E-state index is 13.2.